The van der Waals surface area contributed by atoms with Crippen molar-refractivity contribution in [1.82, 2.24) is 19.8 Å². The Balaban J connectivity index is 1.45. The van der Waals surface area contributed by atoms with Crippen LogP contribution in [0.25, 0.3) is 11.0 Å². The lowest BCUT2D eigenvalue weighted by atomic mass is 10.1. The molecule has 0 saturated carbocycles. The summed E-state index contributed by atoms with van der Waals surface area (Å²) in [4.78, 5) is 18.8. The molecule has 1 saturated heterocycles. The van der Waals surface area contributed by atoms with E-state index in [9.17, 15) is 23.2 Å². The highest BCUT2D eigenvalue weighted by molar-refractivity contribution is 8.32. The van der Waals surface area contributed by atoms with Gasteiger partial charge in [-0.1, -0.05) is 0 Å². The van der Waals surface area contributed by atoms with E-state index in [1.165, 1.54) is 35.0 Å². The summed E-state index contributed by atoms with van der Waals surface area (Å²) in [7, 11) is -0.814. The lowest BCUT2D eigenvalue weighted by Crippen LogP contribution is -2.38. The number of pyridine rings is 1. The molecule has 3 heterocycles. The third kappa shape index (κ3) is 9.24. The topological polar surface area (TPSA) is 114 Å². The van der Waals surface area contributed by atoms with Crippen LogP contribution in [0.5, 0.6) is 11.5 Å². The predicted molar refractivity (Wildman–Crippen MR) is 161 cm³/mol. The van der Waals surface area contributed by atoms with E-state index in [0.29, 0.717) is 32.1 Å². The van der Waals surface area contributed by atoms with Gasteiger partial charge in [-0.3, -0.25) is 4.90 Å². The highest BCUT2D eigenvalue weighted by Crippen LogP contribution is 2.41. The average Bonchev–Trinajstić information content (AvgIpc) is 3.34. The number of halogens is 3. The molecule has 43 heavy (non-hydrogen) atoms. The second-order valence-corrected chi connectivity index (χ2v) is 15.6. The molecule has 234 valence electrons. The molecule has 3 aromatic rings. The van der Waals surface area contributed by atoms with Gasteiger partial charge >= 0.3 is 12.2 Å². The van der Waals surface area contributed by atoms with Crippen LogP contribution in [0.15, 0.2) is 36.7 Å². The molecule has 0 aliphatic carbocycles. The van der Waals surface area contributed by atoms with Crippen LogP contribution in [-0.2, 0) is 22.4 Å². The van der Waals surface area contributed by atoms with Crippen molar-refractivity contribution in [1.29, 1.82) is 5.26 Å². The van der Waals surface area contributed by atoms with Gasteiger partial charge in [0, 0.05) is 43.5 Å². The normalized spacial score (nSPS) is 14.8. The lowest BCUT2D eigenvalue weighted by molar-refractivity contribution is -0.136. The number of urea groups is 1. The van der Waals surface area contributed by atoms with Crippen LogP contribution in [0, 0.1) is 11.3 Å². The second kappa shape index (κ2) is 14.3. The number of benzene rings is 1. The Morgan fingerprint density at radius 1 is 1.19 bits per heavy atom. The summed E-state index contributed by atoms with van der Waals surface area (Å²) >= 11 is 0. The monoisotopic (exact) mass is 622 g/mol. The van der Waals surface area contributed by atoms with Crippen molar-refractivity contribution in [3.63, 3.8) is 0 Å². The highest BCUT2D eigenvalue weighted by atomic mass is 32.3. The number of anilines is 1. The van der Waals surface area contributed by atoms with Crippen LogP contribution in [0.2, 0.25) is 0 Å². The van der Waals surface area contributed by atoms with Crippen molar-refractivity contribution in [3.05, 3.63) is 47.8 Å². The van der Waals surface area contributed by atoms with Crippen LogP contribution in [0.3, 0.4) is 0 Å². The number of fused-ring (bicyclic) bond motifs is 1. The summed E-state index contributed by atoms with van der Waals surface area (Å²) in [5.74, 6) is 0.751. The van der Waals surface area contributed by atoms with E-state index in [2.05, 4.69) is 39.3 Å². The molecule has 14 heteroatoms. The van der Waals surface area contributed by atoms with E-state index in [4.69, 9.17) is 14.2 Å². The minimum absolute atomic E-state index is 0.0380. The third-order valence-corrected chi connectivity index (χ3v) is 8.10. The first kappa shape index (κ1) is 32.4. The van der Waals surface area contributed by atoms with Gasteiger partial charge in [0.1, 0.15) is 29.9 Å². The molecule has 1 aromatic carbocycles. The number of carbonyl (C=O) groups excluding carboxylic acids is 1. The molecule has 2 amide bonds. The first-order valence-electron chi connectivity index (χ1n) is 13.8. The van der Waals surface area contributed by atoms with Gasteiger partial charge in [0.15, 0.2) is 0 Å². The molecular weight excluding hydrogens is 585 g/mol. The van der Waals surface area contributed by atoms with Crippen molar-refractivity contribution in [2.75, 3.05) is 75.8 Å². The van der Waals surface area contributed by atoms with Gasteiger partial charge in [0.25, 0.3) is 0 Å². The van der Waals surface area contributed by atoms with Crippen molar-refractivity contribution >= 4 is 32.8 Å². The van der Waals surface area contributed by atoms with Gasteiger partial charge in [-0.05, 0) is 56.0 Å². The van der Waals surface area contributed by atoms with Crippen molar-refractivity contribution < 1.29 is 32.2 Å². The van der Waals surface area contributed by atoms with Crippen LogP contribution >= 0.6 is 10.0 Å². The Morgan fingerprint density at radius 2 is 1.95 bits per heavy atom. The van der Waals surface area contributed by atoms with Gasteiger partial charge in [0.05, 0.1) is 36.3 Å². The molecule has 0 atom stereocenters. The maximum Gasteiger partial charge on any atom is 0.418 e. The fourth-order valence-electron chi connectivity index (χ4n) is 4.46. The minimum Gasteiger partial charge on any atom is -0.455 e. The standard InChI is InChI=1S/C29H37F3N6O4S/c1-43(2,3)16-15-41-20-38-19-23(29(30,31)32)26-25(7-9-34-27(26)38)42-24-6-5-22(17-21(24)18-33)36-28(39)35-8-4-10-37-11-13-40-14-12-37/h5-7,9,17,19H,4,8,10-16,20H2,1-3H3,(H2,35,36,39). The molecular formula is C29H37F3N6O4S. The Hall–Kier alpha value is -3.51. The maximum absolute atomic E-state index is 14.1. The summed E-state index contributed by atoms with van der Waals surface area (Å²) in [6.07, 6.45) is 4.81. The first-order valence-corrected chi connectivity index (χ1v) is 16.8. The number of morpholine rings is 1. The number of hydrogen-bond acceptors (Lipinski definition) is 7. The number of amides is 2. The average molecular weight is 623 g/mol. The summed E-state index contributed by atoms with van der Waals surface area (Å²) in [6.45, 7) is 4.80. The van der Waals surface area contributed by atoms with Gasteiger partial charge < -0.3 is 29.4 Å². The van der Waals surface area contributed by atoms with Crippen LogP contribution in [0.1, 0.15) is 17.5 Å². The summed E-state index contributed by atoms with van der Waals surface area (Å²) in [6, 6.07) is 7.23. The largest absolute Gasteiger partial charge is 0.455 e. The number of carbonyl (C=O) groups is 1. The van der Waals surface area contributed by atoms with Crippen molar-refractivity contribution in [3.8, 4) is 17.6 Å². The fraction of sp³-hybridized carbons (Fsp3) is 0.483. The molecule has 1 aliphatic heterocycles. The molecule has 2 aromatic heterocycles. The van der Waals surface area contributed by atoms with E-state index < -0.39 is 27.8 Å². The molecule has 0 spiro atoms. The predicted octanol–water partition coefficient (Wildman–Crippen LogP) is 5.23. The van der Waals surface area contributed by atoms with E-state index >= 15 is 0 Å². The summed E-state index contributed by atoms with van der Waals surface area (Å²) in [5, 5.41) is 15.0. The fourth-order valence-corrected chi connectivity index (χ4v) is 5.08. The molecule has 0 bridgehead atoms. The SMILES string of the molecule is CS(C)(C)CCOCn1cc(C(F)(F)F)c2c(Oc3ccc(NC(=O)NCCCN4CCOCC4)cc3C#N)ccnc21. The molecule has 1 fully saturated rings. The van der Waals surface area contributed by atoms with Crippen LogP contribution in [0.4, 0.5) is 23.7 Å². The Labute approximate surface area is 250 Å². The Kier molecular flexibility index (Phi) is 10.8. The second-order valence-electron chi connectivity index (χ2n) is 11.0. The first-order chi connectivity index (χ1) is 20.4. The van der Waals surface area contributed by atoms with E-state index in [0.717, 1.165) is 38.0 Å². The number of nitrogens with one attached hydrogen (secondary N) is 2. The van der Waals surface area contributed by atoms with Crippen molar-refractivity contribution in [2.45, 2.75) is 19.3 Å². The summed E-state index contributed by atoms with van der Waals surface area (Å²) in [5.41, 5.74) is -0.491. The van der Waals surface area contributed by atoms with Crippen LogP contribution < -0.4 is 15.4 Å². The van der Waals surface area contributed by atoms with Gasteiger partial charge in [0.2, 0.25) is 0 Å². The Bertz CT molecular complexity index is 1440. The highest BCUT2D eigenvalue weighted by Gasteiger charge is 2.36. The number of nitriles is 1. The molecule has 4 rings (SSSR count). The summed E-state index contributed by atoms with van der Waals surface area (Å²) < 4.78 is 60.4. The number of hydrogen-bond donors (Lipinski definition) is 2. The zero-order valence-electron chi connectivity index (χ0n) is 24.5. The van der Waals surface area contributed by atoms with Crippen molar-refractivity contribution in [2.24, 2.45) is 0 Å². The van der Waals surface area contributed by atoms with Crippen LogP contribution in [-0.4, -0.2) is 91.0 Å². The maximum atomic E-state index is 14.1. The van der Waals surface area contributed by atoms with E-state index in [-0.39, 0.29) is 34.8 Å². The molecule has 10 nitrogen and oxygen atoms in total. The number of aromatic nitrogens is 2. The zero-order chi connectivity index (χ0) is 31.0. The van der Waals surface area contributed by atoms with E-state index in [1.54, 1.807) is 0 Å². The number of ether oxygens (including phenoxy) is 3. The number of rotatable bonds is 12. The number of nitrogens with zero attached hydrogens (tertiary/aromatic N) is 4. The smallest absolute Gasteiger partial charge is 0.418 e. The Morgan fingerprint density at radius 3 is 2.65 bits per heavy atom. The van der Waals surface area contributed by atoms with Gasteiger partial charge in [-0.2, -0.15) is 18.4 Å². The quantitative estimate of drug-likeness (QED) is 0.266. The van der Waals surface area contributed by atoms with Gasteiger partial charge in [-0.25, -0.2) is 19.8 Å². The lowest BCUT2D eigenvalue weighted by Gasteiger charge is -2.26. The molecule has 1 aliphatic rings. The zero-order valence-corrected chi connectivity index (χ0v) is 25.3. The van der Waals surface area contributed by atoms with E-state index in [1.807, 2.05) is 6.07 Å². The molecule has 2 N–H and O–H groups in total. The number of alkyl halides is 3. The minimum atomic E-state index is -4.68. The molecule has 0 unspecified atom stereocenters. The third-order valence-electron chi connectivity index (χ3n) is 6.71. The molecule has 0 radical (unpaired) electrons. The van der Waals surface area contributed by atoms with Gasteiger partial charge in [-0.15, -0.1) is 0 Å².